The van der Waals surface area contributed by atoms with Crippen LogP contribution in [0.5, 0.6) is 5.75 Å². The molecule has 0 atom stereocenters. The molecule has 0 aliphatic rings. The molecule has 0 spiro atoms. The first kappa shape index (κ1) is 33.4. The zero-order chi connectivity index (χ0) is 56.5. The number of hydrogen-bond donors (Lipinski definition) is 1. The van der Waals surface area contributed by atoms with E-state index in [4.69, 9.17) is 26.4 Å². The number of phenolic OH excluding ortho intramolecular Hbond substituents is 1. The number of pyridine rings is 1. The fraction of sp³-hybridized carbons (Fsp3) is 0.143. The monoisotopic (exact) mass is 1080 g/mol. The molecule has 5 heteroatoms. The Hall–Kier alpha value is -7.13. The Bertz CT molecular complexity index is 3850. The Balaban J connectivity index is 0.00000774. The van der Waals surface area contributed by atoms with Gasteiger partial charge >= 0.3 is 0 Å². The van der Waals surface area contributed by atoms with Crippen LogP contribution in [0.3, 0.4) is 0 Å². The van der Waals surface area contributed by atoms with E-state index in [1.54, 1.807) is 36.5 Å². The average molecular weight is 1080 g/mol. The van der Waals surface area contributed by atoms with Crippen LogP contribution in [0.2, 0.25) is 0 Å². The van der Waals surface area contributed by atoms with Gasteiger partial charge in [-0.15, -0.1) is 23.8 Å². The largest absolute Gasteiger partial charge is 0.507 e. The molecule has 0 saturated carbocycles. The van der Waals surface area contributed by atoms with Crippen molar-refractivity contribution < 1.29 is 42.6 Å². The van der Waals surface area contributed by atoms with Crippen molar-refractivity contribution in [2.24, 2.45) is 0 Å². The fourth-order valence-electron chi connectivity index (χ4n) is 8.73. The van der Waals surface area contributed by atoms with Crippen molar-refractivity contribution in [2.45, 2.75) is 59.0 Å². The van der Waals surface area contributed by atoms with Gasteiger partial charge in [0.2, 0.25) is 0 Å². The van der Waals surface area contributed by atoms with Gasteiger partial charge in [-0.1, -0.05) is 198 Å². The normalized spacial score (nSPS) is 15.0. The quantitative estimate of drug-likeness (QED) is 0.154. The van der Waals surface area contributed by atoms with Crippen LogP contribution in [0.25, 0.3) is 95.0 Å². The van der Waals surface area contributed by atoms with E-state index >= 15 is 0 Å². The fourth-order valence-corrected chi connectivity index (χ4v) is 8.73. The molecule has 1 N–H and O–H groups in total. The minimum Gasteiger partial charge on any atom is -0.507 e. The zero-order valence-electron chi connectivity index (χ0n) is 49.6. The predicted octanol–water partition coefficient (Wildman–Crippen LogP) is 16.5. The molecule has 338 valence electrons. The number of aromatic nitrogens is 3. The topological polar surface area (TPSA) is 50.9 Å². The van der Waals surface area contributed by atoms with Gasteiger partial charge in [-0.25, -0.2) is 4.98 Å². The maximum Gasteiger partial charge on any atom is 0.148 e. The molecule has 68 heavy (non-hydrogen) atoms. The molecule has 8 aromatic carbocycles. The van der Waals surface area contributed by atoms with E-state index in [-0.39, 0.29) is 43.4 Å². The van der Waals surface area contributed by atoms with Crippen molar-refractivity contribution in [2.75, 3.05) is 0 Å². The van der Waals surface area contributed by atoms with E-state index in [2.05, 4.69) is 26.8 Å². The Kier molecular flexibility index (Phi) is 9.08. The second-order valence-electron chi connectivity index (χ2n) is 17.9. The van der Waals surface area contributed by atoms with Crippen molar-refractivity contribution in [3.63, 3.8) is 0 Å². The summed E-state index contributed by atoms with van der Waals surface area (Å²) in [6, 6.07) is 60.7. The van der Waals surface area contributed by atoms with Crippen molar-refractivity contribution in [1.82, 2.24) is 14.5 Å². The maximum absolute atomic E-state index is 11.6. The summed E-state index contributed by atoms with van der Waals surface area (Å²) < 4.78 is 103. The molecule has 10 rings (SSSR count). The number of aryl methyl sites for hydroxylation is 1. The van der Waals surface area contributed by atoms with Crippen LogP contribution in [0.1, 0.15) is 74.5 Å². The van der Waals surface area contributed by atoms with Crippen molar-refractivity contribution in [1.29, 1.82) is 0 Å². The zero-order valence-corrected chi connectivity index (χ0v) is 39.9. The molecule has 4 nitrogen and oxygen atoms in total. The smallest absolute Gasteiger partial charge is 0.148 e. The molecule has 2 aromatic heterocycles. The summed E-state index contributed by atoms with van der Waals surface area (Å²) in [5, 5.41) is 11.6. The van der Waals surface area contributed by atoms with Crippen molar-refractivity contribution >= 4 is 11.0 Å². The third-order valence-electron chi connectivity index (χ3n) is 12.3. The molecular weight excluding hydrogens is 1010 g/mol. The molecule has 0 radical (unpaired) electrons. The van der Waals surface area contributed by atoms with Crippen LogP contribution in [-0.2, 0) is 31.9 Å². The van der Waals surface area contributed by atoms with Gasteiger partial charge < -0.3 is 5.11 Å². The summed E-state index contributed by atoms with van der Waals surface area (Å²) in [7, 11) is 0. The number of aromatic hydroxyl groups is 1. The van der Waals surface area contributed by atoms with Crippen LogP contribution in [0, 0.1) is 12.9 Å². The van der Waals surface area contributed by atoms with E-state index in [9.17, 15) is 5.11 Å². The van der Waals surface area contributed by atoms with Gasteiger partial charge in [0.15, 0.2) is 0 Å². The number of benzene rings is 8. The Morgan fingerprint density at radius 2 is 1.12 bits per heavy atom. The molecular formula is C63H54N3OPt-. The van der Waals surface area contributed by atoms with Gasteiger partial charge in [-0.2, -0.15) is 0 Å². The minimum atomic E-state index is -3.40. The first-order valence-electron chi connectivity index (χ1n) is 28.1. The molecule has 0 aliphatic heterocycles. The van der Waals surface area contributed by atoms with Crippen molar-refractivity contribution in [3.8, 4) is 89.7 Å². The van der Waals surface area contributed by atoms with E-state index in [0.717, 1.165) is 33.4 Å². The van der Waals surface area contributed by atoms with E-state index in [1.165, 1.54) is 24.3 Å². The summed E-state index contributed by atoms with van der Waals surface area (Å²) in [5.74, 6) is 0.338. The van der Waals surface area contributed by atoms with Gasteiger partial charge in [0.1, 0.15) is 11.6 Å². The van der Waals surface area contributed by atoms with Gasteiger partial charge in [0.05, 0.1) is 22.3 Å². The summed E-state index contributed by atoms with van der Waals surface area (Å²) in [6.07, 6.45) is 1.62. The molecule has 0 aliphatic carbocycles. The third-order valence-corrected chi connectivity index (χ3v) is 12.3. The van der Waals surface area contributed by atoms with Gasteiger partial charge in [-0.3, -0.25) is 9.55 Å². The van der Waals surface area contributed by atoms with Crippen LogP contribution >= 0.6 is 0 Å². The Morgan fingerprint density at radius 3 is 1.79 bits per heavy atom. The number of fused-ring (bicyclic) bond motifs is 1. The summed E-state index contributed by atoms with van der Waals surface area (Å²) in [6.45, 7) is -6.36. The number of para-hydroxylation sites is 2. The van der Waals surface area contributed by atoms with E-state index in [0.29, 0.717) is 67.2 Å². The number of rotatable bonds is 8. The number of phenols is 1. The van der Waals surface area contributed by atoms with Gasteiger partial charge in [-0.05, 0) is 104 Å². The van der Waals surface area contributed by atoms with Crippen LogP contribution in [0.15, 0.2) is 194 Å². The van der Waals surface area contributed by atoms with E-state index in [1.807, 2.05) is 138 Å². The summed E-state index contributed by atoms with van der Waals surface area (Å²) >= 11 is 0. The standard InChI is InChI=1S/C63H54N3O.Pt/c1-41-35-58(55(44-19-12-9-13-20-44)40-54(41)45-27-31-51(32-28-45)63(5,6)7)66-57-23-16-22-52(60(57)65-61(66)53-21-14-15-24-59(53)67)48-36-47(42-17-10-8-11-18-42)37-49(38-48)56-39-46(33-34-64-56)43-25-29-50(30-26-43)62(2,3)4;/h8-37,39-40,67H,1-7H3;/q-1;/i1D3,2D3,3D3,4D3;. The molecule has 10 aromatic rings. The maximum atomic E-state index is 11.6. The summed E-state index contributed by atoms with van der Waals surface area (Å²) in [5.41, 5.74) is 7.94. The molecule has 0 unspecified atom stereocenters. The first-order chi connectivity index (χ1) is 37.3. The number of imidazole rings is 1. The van der Waals surface area contributed by atoms with Gasteiger partial charge in [0.25, 0.3) is 0 Å². The Labute approximate surface area is 432 Å². The molecule has 0 fully saturated rings. The van der Waals surface area contributed by atoms with E-state index < -0.39 is 32.8 Å². The van der Waals surface area contributed by atoms with Crippen LogP contribution in [-0.4, -0.2) is 19.6 Å². The molecule has 0 amide bonds. The molecule has 0 saturated heterocycles. The minimum absolute atomic E-state index is 0. The summed E-state index contributed by atoms with van der Waals surface area (Å²) in [4.78, 5) is 10.2. The van der Waals surface area contributed by atoms with Crippen LogP contribution < -0.4 is 0 Å². The van der Waals surface area contributed by atoms with Crippen LogP contribution in [0.4, 0.5) is 0 Å². The predicted molar refractivity (Wildman–Crippen MR) is 280 cm³/mol. The van der Waals surface area contributed by atoms with Crippen molar-refractivity contribution in [3.05, 3.63) is 217 Å². The number of hydrogen-bond acceptors (Lipinski definition) is 3. The second-order valence-corrected chi connectivity index (χ2v) is 17.9. The first-order valence-corrected chi connectivity index (χ1v) is 22.1. The number of nitrogens with zero attached hydrogens (tertiary/aromatic N) is 3. The molecule has 0 bridgehead atoms. The third kappa shape index (κ3) is 9.02. The second kappa shape index (κ2) is 18.5. The Morgan fingerprint density at radius 1 is 0.515 bits per heavy atom. The van der Waals surface area contributed by atoms with Gasteiger partial charge in [0, 0.05) is 55.0 Å². The molecule has 2 heterocycles. The SMILES string of the molecule is [2H]C([2H])([2H])c1cc(-n2c(-c3ccccc3O)nc3c(-c4[c-]c(-c5cc(-c6ccc(C(C([2H])([2H])[2H])(C([2H])([2H])[2H])C([2H])([2H])[2H])cc6)ccn5)cc(-c5ccccc5)c4)cccc32)c(-c2ccccc2)cc1-c1ccc(C(C)(C)C)cc1.[Pt]. The average Bonchev–Trinajstić information content (AvgIpc) is 3.83.